The molecule has 26 heavy (non-hydrogen) atoms. The normalized spacial score (nSPS) is 14.0. The smallest absolute Gasteiger partial charge is 0.347 e. The molecule has 0 radical (unpaired) electrons. The van der Waals surface area contributed by atoms with Gasteiger partial charge < -0.3 is 5.32 Å². The first-order valence-corrected chi connectivity index (χ1v) is 7.99. The van der Waals surface area contributed by atoms with E-state index in [0.29, 0.717) is 16.5 Å². The largest absolute Gasteiger partial charge is 0.405 e. The summed E-state index contributed by atoms with van der Waals surface area (Å²) in [6.07, 6.45) is -4.60. The number of imide groups is 1. The van der Waals surface area contributed by atoms with Gasteiger partial charge in [0.15, 0.2) is 0 Å². The van der Waals surface area contributed by atoms with Gasteiger partial charge in [0.2, 0.25) is 5.91 Å². The van der Waals surface area contributed by atoms with Crippen molar-refractivity contribution in [3.05, 3.63) is 47.5 Å². The van der Waals surface area contributed by atoms with E-state index in [1.54, 1.807) is 29.6 Å². The Kier molecular flexibility index (Phi) is 4.67. The van der Waals surface area contributed by atoms with Crippen LogP contribution in [0.4, 0.5) is 13.2 Å². The number of carbonyl (C=O) groups excluding carboxylic acids is 3. The highest BCUT2D eigenvalue weighted by atomic mass is 19.4. The van der Waals surface area contributed by atoms with Crippen LogP contribution in [0.15, 0.2) is 36.4 Å². The van der Waals surface area contributed by atoms with Crippen molar-refractivity contribution >= 4 is 28.5 Å². The molecule has 0 saturated heterocycles. The molecule has 1 N–H and O–H groups in total. The van der Waals surface area contributed by atoms with Gasteiger partial charge in [0, 0.05) is 29.5 Å². The molecule has 1 aliphatic rings. The zero-order chi connectivity index (χ0) is 18.9. The van der Waals surface area contributed by atoms with Crippen molar-refractivity contribution in [1.29, 1.82) is 0 Å². The third kappa shape index (κ3) is 3.54. The molecule has 0 saturated carbocycles. The van der Waals surface area contributed by atoms with Gasteiger partial charge in [-0.25, -0.2) is 0 Å². The second-order valence-electron chi connectivity index (χ2n) is 5.97. The molecule has 3 amide bonds. The maximum atomic E-state index is 12.6. The van der Waals surface area contributed by atoms with Crippen molar-refractivity contribution < 1.29 is 27.6 Å². The summed E-state index contributed by atoms with van der Waals surface area (Å²) >= 11 is 0. The lowest BCUT2D eigenvalue weighted by Crippen LogP contribution is -2.41. The van der Waals surface area contributed by atoms with Gasteiger partial charge in [0.25, 0.3) is 11.8 Å². The molecule has 0 fully saturated rings. The Morgan fingerprint density at radius 2 is 1.58 bits per heavy atom. The summed E-state index contributed by atoms with van der Waals surface area (Å²) in [6, 6.07) is 10.3. The summed E-state index contributed by atoms with van der Waals surface area (Å²) in [4.78, 5) is 37.7. The Morgan fingerprint density at radius 1 is 1.00 bits per heavy atom. The fraction of sp³-hybridized carbons (Fsp3) is 0.278. The van der Waals surface area contributed by atoms with E-state index in [0.717, 1.165) is 10.3 Å². The topological polar surface area (TPSA) is 66.5 Å². The third-order valence-corrected chi connectivity index (χ3v) is 4.13. The lowest BCUT2D eigenvalue weighted by Gasteiger charge is -2.27. The monoisotopic (exact) mass is 364 g/mol. The first-order valence-electron chi connectivity index (χ1n) is 7.99. The molecule has 0 bridgehead atoms. The Labute approximate surface area is 146 Å². The van der Waals surface area contributed by atoms with Crippen LogP contribution >= 0.6 is 0 Å². The molecule has 2 aromatic rings. The van der Waals surface area contributed by atoms with E-state index in [1.807, 2.05) is 12.1 Å². The van der Waals surface area contributed by atoms with E-state index in [2.05, 4.69) is 0 Å². The minimum Gasteiger partial charge on any atom is -0.347 e. The molecule has 136 valence electrons. The van der Waals surface area contributed by atoms with Crippen LogP contribution in [0.25, 0.3) is 10.8 Å². The molecule has 0 aromatic heterocycles. The van der Waals surface area contributed by atoms with Gasteiger partial charge in [-0.05, 0) is 23.9 Å². The third-order valence-electron chi connectivity index (χ3n) is 4.13. The van der Waals surface area contributed by atoms with Crippen molar-refractivity contribution in [3.8, 4) is 0 Å². The van der Waals surface area contributed by atoms with E-state index < -0.39 is 30.4 Å². The predicted molar refractivity (Wildman–Crippen MR) is 87.6 cm³/mol. The molecular formula is C18H15F3N2O3. The molecule has 5 nitrogen and oxygen atoms in total. The zero-order valence-electron chi connectivity index (χ0n) is 13.6. The second kappa shape index (κ2) is 6.78. The lowest BCUT2D eigenvalue weighted by atomic mass is 9.94. The molecule has 0 unspecified atom stereocenters. The summed E-state index contributed by atoms with van der Waals surface area (Å²) in [5.41, 5.74) is 0.804. The van der Waals surface area contributed by atoms with Gasteiger partial charge in [0.1, 0.15) is 6.54 Å². The number of nitrogens with one attached hydrogen (secondary N) is 1. The molecular weight excluding hydrogens is 349 g/mol. The maximum Gasteiger partial charge on any atom is 0.405 e. The van der Waals surface area contributed by atoms with E-state index in [-0.39, 0.29) is 19.4 Å². The highest BCUT2D eigenvalue weighted by Crippen LogP contribution is 2.30. The Hall–Kier alpha value is -2.90. The molecule has 2 aromatic carbocycles. The van der Waals surface area contributed by atoms with Gasteiger partial charge in [-0.15, -0.1) is 0 Å². The molecule has 0 spiro atoms. The van der Waals surface area contributed by atoms with Crippen LogP contribution in [0.2, 0.25) is 0 Å². The van der Waals surface area contributed by atoms with Crippen molar-refractivity contribution in [3.63, 3.8) is 0 Å². The quantitative estimate of drug-likeness (QED) is 0.830. The standard InChI is InChI=1S/C18H15F3N2O3/c19-18(20,21)10-22-14(24)8-3-9-23-16(25)12-6-1-4-11-5-2-7-13(15(11)12)17(23)26/h1-2,4-7H,3,8-10H2,(H,22,24). The Bertz CT molecular complexity index is 842. The van der Waals surface area contributed by atoms with Gasteiger partial charge in [0.05, 0.1) is 0 Å². The molecule has 0 aliphatic carbocycles. The highest BCUT2D eigenvalue weighted by Gasteiger charge is 2.32. The van der Waals surface area contributed by atoms with Crippen molar-refractivity contribution in [2.45, 2.75) is 19.0 Å². The predicted octanol–water partition coefficient (Wildman–Crippen LogP) is 2.89. The van der Waals surface area contributed by atoms with Crippen LogP contribution in [0, 0.1) is 0 Å². The lowest BCUT2D eigenvalue weighted by molar-refractivity contribution is -0.138. The fourth-order valence-corrected chi connectivity index (χ4v) is 2.97. The summed E-state index contributed by atoms with van der Waals surface area (Å²) in [7, 11) is 0. The minimum absolute atomic E-state index is 0.0399. The highest BCUT2D eigenvalue weighted by molar-refractivity contribution is 6.25. The first-order chi connectivity index (χ1) is 12.3. The second-order valence-corrected chi connectivity index (χ2v) is 5.97. The van der Waals surface area contributed by atoms with Crippen LogP contribution in [0.5, 0.6) is 0 Å². The molecule has 3 rings (SSSR count). The fourth-order valence-electron chi connectivity index (χ4n) is 2.97. The Balaban J connectivity index is 1.68. The summed E-state index contributed by atoms with van der Waals surface area (Å²) < 4.78 is 36.2. The van der Waals surface area contributed by atoms with Crippen molar-refractivity contribution in [1.82, 2.24) is 10.2 Å². The zero-order valence-corrected chi connectivity index (χ0v) is 13.6. The van der Waals surface area contributed by atoms with Gasteiger partial charge in [-0.1, -0.05) is 24.3 Å². The van der Waals surface area contributed by atoms with E-state index in [4.69, 9.17) is 0 Å². The van der Waals surface area contributed by atoms with Crippen LogP contribution in [-0.4, -0.2) is 41.9 Å². The van der Waals surface area contributed by atoms with Crippen LogP contribution < -0.4 is 5.32 Å². The van der Waals surface area contributed by atoms with Gasteiger partial charge >= 0.3 is 6.18 Å². The van der Waals surface area contributed by atoms with Crippen LogP contribution in [0.3, 0.4) is 0 Å². The van der Waals surface area contributed by atoms with E-state index in [1.165, 1.54) is 0 Å². The molecule has 8 heteroatoms. The summed E-state index contributed by atoms with van der Waals surface area (Å²) in [5.74, 6) is -1.70. The number of amides is 3. The number of alkyl halides is 3. The molecule has 1 aliphatic heterocycles. The van der Waals surface area contributed by atoms with Crippen LogP contribution in [0.1, 0.15) is 33.6 Å². The first kappa shape index (κ1) is 17.9. The van der Waals surface area contributed by atoms with E-state index >= 15 is 0 Å². The summed E-state index contributed by atoms with van der Waals surface area (Å²) in [6.45, 7) is -1.44. The van der Waals surface area contributed by atoms with Gasteiger partial charge in [-0.2, -0.15) is 13.2 Å². The van der Waals surface area contributed by atoms with E-state index in [9.17, 15) is 27.6 Å². The minimum atomic E-state index is -4.48. The number of rotatable bonds is 5. The molecule has 0 atom stereocenters. The van der Waals surface area contributed by atoms with Crippen molar-refractivity contribution in [2.24, 2.45) is 0 Å². The number of hydrogen-bond acceptors (Lipinski definition) is 3. The number of carbonyl (C=O) groups is 3. The average Bonchev–Trinajstić information content (AvgIpc) is 2.60. The number of hydrogen-bond donors (Lipinski definition) is 1. The maximum absolute atomic E-state index is 12.6. The summed E-state index contributed by atoms with van der Waals surface area (Å²) in [5, 5.41) is 3.15. The number of nitrogens with zero attached hydrogens (tertiary/aromatic N) is 1. The number of halogens is 3. The van der Waals surface area contributed by atoms with Crippen LogP contribution in [-0.2, 0) is 4.79 Å². The number of benzene rings is 2. The van der Waals surface area contributed by atoms with Crippen molar-refractivity contribution in [2.75, 3.05) is 13.1 Å². The average molecular weight is 364 g/mol. The van der Waals surface area contributed by atoms with Gasteiger partial charge in [-0.3, -0.25) is 19.3 Å². The molecule has 1 heterocycles. The SMILES string of the molecule is O=C(CCCN1C(=O)c2cccc3cccc(c23)C1=O)NCC(F)(F)F. The Morgan fingerprint density at radius 3 is 2.12 bits per heavy atom.